The van der Waals surface area contributed by atoms with Crippen LogP contribution < -0.4 is 5.32 Å². The zero-order valence-electron chi connectivity index (χ0n) is 8.41. The van der Waals surface area contributed by atoms with Gasteiger partial charge >= 0.3 is 0 Å². The summed E-state index contributed by atoms with van der Waals surface area (Å²) in [6.07, 6.45) is 0.225. The van der Waals surface area contributed by atoms with E-state index in [0.29, 0.717) is 0 Å². The van der Waals surface area contributed by atoms with Crippen molar-refractivity contribution in [2.75, 3.05) is 5.32 Å². The quantitative estimate of drug-likeness (QED) is 0.852. The lowest BCUT2D eigenvalue weighted by atomic mass is 10.1. The predicted octanol–water partition coefficient (Wildman–Crippen LogP) is 1.75. The third kappa shape index (κ3) is 3.77. The van der Waals surface area contributed by atoms with Crippen molar-refractivity contribution >= 4 is 29.2 Å². The molecular weight excluding hydrogens is 239 g/mol. The minimum Gasteiger partial charge on any atom is -0.391 e. The zero-order chi connectivity index (χ0) is 11.4. The number of aliphatic hydroxyl groups excluding tert-OH is 1. The Bertz CT molecular complexity index is 314. The highest BCUT2D eigenvalue weighted by atomic mass is 35.5. The van der Waals surface area contributed by atoms with Crippen LogP contribution in [0, 0.1) is 0 Å². The smallest absolute Gasteiger partial charge is 0.228 e. The van der Waals surface area contributed by atoms with Gasteiger partial charge in [0.05, 0.1) is 12.1 Å². The number of rotatable bonds is 4. The molecule has 0 saturated carbocycles. The van der Waals surface area contributed by atoms with E-state index in [2.05, 4.69) is 20.3 Å². The van der Waals surface area contributed by atoms with Crippen molar-refractivity contribution in [2.45, 2.75) is 32.4 Å². The van der Waals surface area contributed by atoms with Gasteiger partial charge in [0.25, 0.3) is 0 Å². The van der Waals surface area contributed by atoms with Gasteiger partial charge in [-0.15, -0.1) is 0 Å². The van der Waals surface area contributed by atoms with Crippen molar-refractivity contribution < 1.29 is 5.11 Å². The molecule has 2 unspecified atom stereocenters. The fourth-order valence-electron chi connectivity index (χ4n) is 1.12. The molecule has 0 aliphatic rings. The Hall–Kier alpha value is -0.650. The first kappa shape index (κ1) is 12.4. The summed E-state index contributed by atoms with van der Waals surface area (Å²) in [5, 5.41) is 12.4. The first-order chi connectivity index (χ1) is 7.02. The van der Waals surface area contributed by atoms with E-state index in [1.54, 1.807) is 6.92 Å². The standard InChI is InChI=1S/C8H12Cl2N4O/c1-3-5(4(2)15)11-8-13-6(9)12-7(10)14-8/h4-5,15H,3H2,1-2H3,(H,11,12,13,14). The van der Waals surface area contributed by atoms with E-state index in [4.69, 9.17) is 23.2 Å². The van der Waals surface area contributed by atoms with E-state index in [1.165, 1.54) is 0 Å². The Morgan fingerprint density at radius 1 is 1.27 bits per heavy atom. The maximum Gasteiger partial charge on any atom is 0.228 e. The Balaban J connectivity index is 2.79. The van der Waals surface area contributed by atoms with E-state index in [9.17, 15) is 5.11 Å². The Morgan fingerprint density at radius 2 is 1.80 bits per heavy atom. The highest BCUT2D eigenvalue weighted by Gasteiger charge is 2.14. The molecule has 0 aromatic carbocycles. The molecule has 7 heteroatoms. The summed E-state index contributed by atoms with van der Waals surface area (Å²) < 4.78 is 0. The number of anilines is 1. The van der Waals surface area contributed by atoms with Gasteiger partial charge in [0.2, 0.25) is 16.5 Å². The molecule has 84 valence electrons. The second kappa shape index (κ2) is 5.44. The number of nitrogens with zero attached hydrogens (tertiary/aromatic N) is 3. The van der Waals surface area contributed by atoms with Crippen LogP contribution in [0.5, 0.6) is 0 Å². The lowest BCUT2D eigenvalue weighted by Crippen LogP contribution is -2.31. The molecule has 0 aliphatic heterocycles. The lowest BCUT2D eigenvalue weighted by molar-refractivity contribution is 0.169. The van der Waals surface area contributed by atoms with E-state index in [-0.39, 0.29) is 22.6 Å². The van der Waals surface area contributed by atoms with Crippen LogP contribution in [-0.4, -0.2) is 32.2 Å². The van der Waals surface area contributed by atoms with Gasteiger partial charge in [-0.05, 0) is 36.5 Å². The van der Waals surface area contributed by atoms with Crippen molar-refractivity contribution in [2.24, 2.45) is 0 Å². The number of halogens is 2. The molecule has 0 amide bonds. The van der Waals surface area contributed by atoms with Gasteiger partial charge in [-0.1, -0.05) is 6.92 Å². The minimum atomic E-state index is -0.510. The highest BCUT2D eigenvalue weighted by Crippen LogP contribution is 2.12. The second-order valence-corrected chi connectivity index (χ2v) is 3.77. The molecule has 5 nitrogen and oxygen atoms in total. The van der Waals surface area contributed by atoms with Gasteiger partial charge in [-0.3, -0.25) is 0 Å². The van der Waals surface area contributed by atoms with Crippen LogP contribution in [0.3, 0.4) is 0 Å². The van der Waals surface area contributed by atoms with Crippen molar-refractivity contribution in [1.82, 2.24) is 15.0 Å². The van der Waals surface area contributed by atoms with Crippen LogP contribution in [0.15, 0.2) is 0 Å². The molecule has 2 N–H and O–H groups in total. The first-order valence-corrected chi connectivity index (χ1v) is 5.30. The highest BCUT2D eigenvalue weighted by molar-refractivity contribution is 6.31. The number of hydrogen-bond donors (Lipinski definition) is 2. The van der Waals surface area contributed by atoms with Gasteiger partial charge in [-0.25, -0.2) is 0 Å². The summed E-state index contributed by atoms with van der Waals surface area (Å²) >= 11 is 11.2. The van der Waals surface area contributed by atoms with Crippen LogP contribution in [0.2, 0.25) is 10.6 Å². The van der Waals surface area contributed by atoms with Crippen LogP contribution in [0.25, 0.3) is 0 Å². The molecule has 15 heavy (non-hydrogen) atoms. The maximum absolute atomic E-state index is 9.41. The molecular formula is C8H12Cl2N4O. The lowest BCUT2D eigenvalue weighted by Gasteiger charge is -2.19. The molecule has 0 fully saturated rings. The molecule has 0 spiro atoms. The van der Waals surface area contributed by atoms with E-state index >= 15 is 0 Å². The minimum absolute atomic E-state index is 0.0259. The van der Waals surface area contributed by atoms with Crippen molar-refractivity contribution in [3.63, 3.8) is 0 Å². The summed E-state index contributed by atoms with van der Waals surface area (Å²) in [7, 11) is 0. The van der Waals surface area contributed by atoms with Gasteiger partial charge in [-0.2, -0.15) is 15.0 Å². The topological polar surface area (TPSA) is 70.9 Å². The van der Waals surface area contributed by atoms with Crippen molar-refractivity contribution in [1.29, 1.82) is 0 Å². The Kier molecular flexibility index (Phi) is 4.50. The average Bonchev–Trinajstić information content (AvgIpc) is 2.12. The first-order valence-electron chi connectivity index (χ1n) is 4.54. The molecule has 0 saturated heterocycles. The van der Waals surface area contributed by atoms with Gasteiger partial charge in [0.1, 0.15) is 0 Å². The van der Waals surface area contributed by atoms with Crippen molar-refractivity contribution in [3.8, 4) is 0 Å². The molecule has 1 rings (SSSR count). The summed E-state index contributed by atoms with van der Waals surface area (Å²) in [4.78, 5) is 11.3. The Morgan fingerprint density at radius 3 is 2.20 bits per heavy atom. The third-order valence-electron chi connectivity index (χ3n) is 1.92. The van der Waals surface area contributed by atoms with Crippen molar-refractivity contribution in [3.05, 3.63) is 10.6 Å². The van der Waals surface area contributed by atoms with Gasteiger partial charge in [0, 0.05) is 0 Å². The zero-order valence-corrected chi connectivity index (χ0v) is 9.92. The number of hydrogen-bond acceptors (Lipinski definition) is 5. The molecule has 1 heterocycles. The predicted molar refractivity (Wildman–Crippen MR) is 59.2 cm³/mol. The Labute approximate surface area is 97.9 Å². The fourth-order valence-corrected chi connectivity index (χ4v) is 1.48. The molecule has 0 aliphatic carbocycles. The summed E-state index contributed by atoms with van der Waals surface area (Å²) in [5.41, 5.74) is 0. The third-order valence-corrected chi connectivity index (χ3v) is 2.26. The van der Waals surface area contributed by atoms with Gasteiger partial charge in [0.15, 0.2) is 0 Å². The number of aliphatic hydroxyl groups is 1. The summed E-state index contributed by atoms with van der Waals surface area (Å²) in [6, 6.07) is -0.139. The van der Waals surface area contributed by atoms with Crippen LogP contribution in [0.1, 0.15) is 20.3 Å². The number of aromatic nitrogens is 3. The normalized spacial score (nSPS) is 14.7. The monoisotopic (exact) mass is 250 g/mol. The maximum atomic E-state index is 9.41. The largest absolute Gasteiger partial charge is 0.391 e. The molecule has 2 atom stereocenters. The van der Waals surface area contributed by atoms with Gasteiger partial charge < -0.3 is 10.4 Å². The summed E-state index contributed by atoms with van der Waals surface area (Å²) in [5.74, 6) is 0.271. The van der Waals surface area contributed by atoms with Crippen LogP contribution in [-0.2, 0) is 0 Å². The average molecular weight is 251 g/mol. The van der Waals surface area contributed by atoms with E-state index < -0.39 is 6.10 Å². The van der Waals surface area contributed by atoms with Crippen LogP contribution in [0.4, 0.5) is 5.95 Å². The SMILES string of the molecule is CCC(Nc1nc(Cl)nc(Cl)n1)C(C)O. The molecule has 0 radical (unpaired) electrons. The molecule has 1 aromatic rings. The van der Waals surface area contributed by atoms with E-state index in [0.717, 1.165) is 6.42 Å². The van der Waals surface area contributed by atoms with Crippen LogP contribution >= 0.6 is 23.2 Å². The summed E-state index contributed by atoms with van der Waals surface area (Å²) in [6.45, 7) is 3.63. The molecule has 1 aromatic heterocycles. The fraction of sp³-hybridized carbons (Fsp3) is 0.625. The number of nitrogens with one attached hydrogen (secondary N) is 1. The second-order valence-electron chi connectivity index (χ2n) is 3.10. The molecule has 0 bridgehead atoms. The van der Waals surface area contributed by atoms with E-state index in [1.807, 2.05) is 6.92 Å².